The van der Waals surface area contributed by atoms with Gasteiger partial charge in [0, 0.05) is 59.1 Å². The van der Waals surface area contributed by atoms with Gasteiger partial charge in [0.2, 0.25) is 11.1 Å². The van der Waals surface area contributed by atoms with Crippen LogP contribution < -0.4 is 24.9 Å². The molecule has 5 amide bonds. The van der Waals surface area contributed by atoms with Gasteiger partial charge >= 0.3 is 24.4 Å². The summed E-state index contributed by atoms with van der Waals surface area (Å²) in [4.78, 5) is 91.8. The van der Waals surface area contributed by atoms with E-state index in [4.69, 9.17) is 40.9 Å². The lowest BCUT2D eigenvalue weighted by molar-refractivity contribution is -0.384. The largest absolute Gasteiger partial charge is 0.443 e. The standard InChI is InChI=1S/C32H44FN3O5.C26H32FN3O6.C6H11ClO.C2H3N.CH4O.CH4/c1-20-11-12-22-19-35(16-15-21(22)17-20)24-14-13-23(34-25(37)18-30(2,3)4)27(26(24)33)36(28(38)40-31(5,6)7)29(39)41-32(8,9)10;1-16-8-9-18-15-28(13-12-17(18)14-16)19-10-11-20(30(33)34)22(21(19)27)29(23(31)35-25(2,3)4)24(32)36-26(5,6)7;1-6(2,3)4-5(7)8;1-2-3;1-2;/h11-14,17H,15-16,18-19H2,1-10H3,(H,34,37);8-11,14H,12-13,15H2,1-7H3;4H2,1-3H3;1H3;2H,1H3;1H4. The molecule has 6 rings (SSSR count). The molecule has 4 aromatic carbocycles. The number of aryl methyl sites for hydroxylation is 2. The third-order valence-corrected chi connectivity index (χ3v) is 12.3. The summed E-state index contributed by atoms with van der Waals surface area (Å²) in [5.41, 5.74) is 0.467. The van der Waals surface area contributed by atoms with Gasteiger partial charge in [-0.25, -0.2) is 28.0 Å². The van der Waals surface area contributed by atoms with E-state index in [9.17, 15) is 38.9 Å². The first kappa shape index (κ1) is 81.1. The number of ether oxygens (including phenoxy) is 4. The van der Waals surface area contributed by atoms with Crippen LogP contribution in [0.3, 0.4) is 0 Å². The number of anilines is 5. The third-order valence-electron chi connectivity index (χ3n) is 12.2. The first-order valence-electron chi connectivity index (χ1n) is 29.4. The molecule has 0 bridgehead atoms. The molecule has 0 aliphatic carbocycles. The van der Waals surface area contributed by atoms with Gasteiger partial charge in [0.1, 0.15) is 28.1 Å². The van der Waals surface area contributed by atoms with E-state index in [0.717, 1.165) is 41.0 Å². The van der Waals surface area contributed by atoms with E-state index < -0.39 is 80.4 Å². The number of nitrogens with one attached hydrogen (secondary N) is 1. The van der Waals surface area contributed by atoms with E-state index in [1.807, 2.05) is 84.6 Å². The number of amides is 5. The smallest absolute Gasteiger partial charge is 0.424 e. The van der Waals surface area contributed by atoms with Crippen LogP contribution in [0, 0.1) is 57.8 Å². The Morgan fingerprint density at radius 3 is 1.23 bits per heavy atom. The van der Waals surface area contributed by atoms with Crippen LogP contribution in [0.15, 0.2) is 60.7 Å². The number of nitro groups is 1. The summed E-state index contributed by atoms with van der Waals surface area (Å²) in [6.07, 6.45) is -2.86. The Morgan fingerprint density at radius 2 is 0.923 bits per heavy atom. The van der Waals surface area contributed by atoms with Crippen LogP contribution in [-0.4, -0.2) is 88.2 Å². The fraction of sp³-hybridized carbons (Fsp3) is 0.544. The average molecular weight is 1300 g/mol. The number of rotatable bonds is 8. The number of carbonyl (C=O) groups excluding carboxylic acids is 6. The van der Waals surface area contributed by atoms with Gasteiger partial charge in [0.25, 0.3) is 5.69 Å². The van der Waals surface area contributed by atoms with Crippen molar-refractivity contribution < 1.29 is 66.5 Å². The molecular formula is C68H98ClF2N7O13. The molecule has 0 saturated heterocycles. The maximum absolute atomic E-state index is 16.7. The molecule has 0 fully saturated rings. The highest BCUT2D eigenvalue weighted by Gasteiger charge is 2.42. The lowest BCUT2D eigenvalue weighted by Crippen LogP contribution is -2.45. The summed E-state index contributed by atoms with van der Waals surface area (Å²) in [6, 6.07) is 19.4. The zero-order valence-corrected chi connectivity index (χ0v) is 57.3. The molecule has 0 spiro atoms. The molecule has 504 valence electrons. The Hall–Kier alpha value is -7.90. The fourth-order valence-electron chi connectivity index (χ4n) is 8.88. The summed E-state index contributed by atoms with van der Waals surface area (Å²) < 4.78 is 54.5. The van der Waals surface area contributed by atoms with E-state index in [2.05, 4.69) is 17.4 Å². The second-order valence-electron chi connectivity index (χ2n) is 27.9. The molecule has 2 heterocycles. The molecule has 0 aromatic heterocycles. The van der Waals surface area contributed by atoms with Crippen LogP contribution in [-0.2, 0) is 54.5 Å². The van der Waals surface area contributed by atoms with E-state index in [1.54, 1.807) is 100 Å². The van der Waals surface area contributed by atoms with Gasteiger partial charge in [-0.1, -0.05) is 96.5 Å². The van der Waals surface area contributed by atoms with Gasteiger partial charge in [0.15, 0.2) is 17.3 Å². The zero-order valence-electron chi connectivity index (χ0n) is 56.6. The van der Waals surface area contributed by atoms with Crippen molar-refractivity contribution in [1.82, 2.24) is 0 Å². The molecule has 20 nitrogen and oxygen atoms in total. The summed E-state index contributed by atoms with van der Waals surface area (Å²) in [7, 11) is 1.00. The van der Waals surface area contributed by atoms with Crippen molar-refractivity contribution >= 4 is 81.2 Å². The Morgan fingerprint density at radius 1 is 0.593 bits per heavy atom. The number of benzene rings is 4. The van der Waals surface area contributed by atoms with Crippen LogP contribution in [0.1, 0.15) is 185 Å². The van der Waals surface area contributed by atoms with E-state index >= 15 is 8.78 Å². The highest BCUT2D eigenvalue weighted by Crippen LogP contribution is 2.42. The predicted molar refractivity (Wildman–Crippen MR) is 355 cm³/mol. The predicted octanol–water partition coefficient (Wildman–Crippen LogP) is 17.0. The van der Waals surface area contributed by atoms with E-state index in [1.165, 1.54) is 24.6 Å². The van der Waals surface area contributed by atoms with Crippen molar-refractivity contribution in [3.05, 3.63) is 116 Å². The molecule has 0 unspecified atom stereocenters. The van der Waals surface area contributed by atoms with Crippen molar-refractivity contribution in [2.45, 2.75) is 214 Å². The number of aliphatic hydroxyl groups is 1. The van der Waals surface area contributed by atoms with Crippen LogP contribution in [0.2, 0.25) is 0 Å². The minimum atomic E-state index is -1.28. The van der Waals surface area contributed by atoms with Crippen LogP contribution in [0.25, 0.3) is 0 Å². The van der Waals surface area contributed by atoms with E-state index in [0.29, 0.717) is 50.3 Å². The van der Waals surface area contributed by atoms with Crippen molar-refractivity contribution in [1.29, 1.82) is 5.26 Å². The quantitative estimate of drug-likeness (QED) is 0.0720. The number of fused-ring (bicyclic) bond motifs is 2. The number of hydrogen-bond acceptors (Lipinski definition) is 16. The number of halogens is 3. The minimum absolute atomic E-state index is 0. The SMILES string of the molecule is C.CC#N.CC(C)(C)CC(=O)Cl.CO.Cc1ccc2c(c1)CCN(c1ccc(NC(=O)CC(C)(C)C)c(N(C(=O)OC(C)(C)C)C(=O)OC(C)(C)C)c1F)C2.Cc1ccc2c(c1)CCN(c1ccc([N+](=O)[O-])c(N(C(=O)OC(C)(C)C)C(=O)OC(C)(C)C)c1F)C2. The highest BCUT2D eigenvalue weighted by atomic mass is 35.5. The molecule has 23 heteroatoms. The molecule has 0 saturated carbocycles. The van der Waals surface area contributed by atoms with Crippen LogP contribution >= 0.6 is 11.6 Å². The Kier molecular flexibility index (Phi) is 29.8. The second kappa shape index (κ2) is 33.4. The lowest BCUT2D eigenvalue weighted by atomic mass is 9.92. The van der Waals surface area contributed by atoms with Gasteiger partial charge in [-0.15, -0.1) is 0 Å². The second-order valence-corrected chi connectivity index (χ2v) is 28.3. The van der Waals surface area contributed by atoms with Crippen molar-refractivity contribution in [3.63, 3.8) is 0 Å². The number of hydrogen-bond donors (Lipinski definition) is 2. The normalized spacial score (nSPS) is 12.8. The molecular weight excluding hydrogens is 1200 g/mol. The van der Waals surface area contributed by atoms with Gasteiger partial charge < -0.3 is 39.2 Å². The number of nitro benzene ring substituents is 1. The third kappa shape index (κ3) is 26.8. The Balaban J connectivity index is 0.000000759. The molecule has 0 atom stereocenters. The zero-order chi connectivity index (χ0) is 69.4. The lowest BCUT2D eigenvalue weighted by Gasteiger charge is -2.34. The summed E-state index contributed by atoms with van der Waals surface area (Å²) >= 11 is 5.12. The molecule has 2 aliphatic heterocycles. The van der Waals surface area contributed by atoms with Gasteiger partial charge in [0.05, 0.1) is 28.1 Å². The van der Waals surface area contributed by atoms with Crippen molar-refractivity contribution in [3.8, 4) is 6.07 Å². The first-order chi connectivity index (χ1) is 41.1. The maximum atomic E-state index is 16.7. The van der Waals surface area contributed by atoms with Gasteiger partial charge in [-0.3, -0.25) is 19.7 Å². The van der Waals surface area contributed by atoms with Crippen LogP contribution in [0.5, 0.6) is 0 Å². The Labute approximate surface area is 542 Å². The highest BCUT2D eigenvalue weighted by molar-refractivity contribution is 6.63. The van der Waals surface area contributed by atoms with Gasteiger partial charge in [-0.05, 0) is 173 Å². The summed E-state index contributed by atoms with van der Waals surface area (Å²) in [5, 5.41) is 28.7. The van der Waals surface area contributed by atoms with Crippen LogP contribution in [0.4, 0.5) is 62.1 Å². The van der Waals surface area contributed by atoms with Crippen molar-refractivity contribution in [2.24, 2.45) is 10.8 Å². The fourth-order valence-corrected chi connectivity index (χ4v) is 9.28. The first-order valence-corrected chi connectivity index (χ1v) is 29.7. The monoisotopic (exact) mass is 1290 g/mol. The van der Waals surface area contributed by atoms with Gasteiger partial charge in [-0.2, -0.15) is 15.1 Å². The molecule has 0 radical (unpaired) electrons. The topological polar surface area (TPSA) is 251 Å². The van der Waals surface area contributed by atoms with Crippen molar-refractivity contribution in [2.75, 3.05) is 45.1 Å². The Bertz CT molecular complexity index is 3200. The number of nitrogens with zero attached hydrogens (tertiary/aromatic N) is 6. The number of nitriles is 1. The maximum Gasteiger partial charge on any atom is 0.424 e. The minimum Gasteiger partial charge on any atom is -0.443 e. The number of carbonyl (C=O) groups is 6. The summed E-state index contributed by atoms with van der Waals surface area (Å²) in [5.74, 6) is -2.32. The summed E-state index contributed by atoms with van der Waals surface area (Å²) in [6.45, 7) is 38.1. The molecule has 2 N–H and O–H groups in total. The molecule has 4 aromatic rings. The number of aliphatic hydroxyl groups excluding tert-OH is 1. The molecule has 91 heavy (non-hydrogen) atoms. The van der Waals surface area contributed by atoms with E-state index in [-0.39, 0.29) is 57.8 Å². The molecule has 2 aliphatic rings. The number of imide groups is 2. The average Bonchev–Trinajstić information content (AvgIpc) is 0.788.